The monoisotopic (exact) mass is 181 g/mol. The Morgan fingerprint density at radius 2 is 1.92 bits per heavy atom. The Kier molecular flexibility index (Phi) is 2.19. The predicted octanol–water partition coefficient (Wildman–Crippen LogP) is 0.189. The Balaban J connectivity index is 3.20. The van der Waals surface area contributed by atoms with Gasteiger partial charge in [0.2, 0.25) is 5.91 Å². The highest BCUT2D eigenvalue weighted by atomic mass is 16.4. The van der Waals surface area contributed by atoms with Crippen molar-refractivity contribution in [3.8, 4) is 5.75 Å². The number of hydrogen-bond donors (Lipinski definition) is 3. The molecule has 0 saturated carbocycles. The molecule has 0 spiro atoms. The van der Waals surface area contributed by atoms with Gasteiger partial charge in [-0.2, -0.15) is 0 Å². The van der Waals surface area contributed by atoms with Gasteiger partial charge in [0.25, 0.3) is 0 Å². The zero-order chi connectivity index (χ0) is 10.0. The van der Waals surface area contributed by atoms with Crippen LogP contribution < -0.4 is 5.73 Å². The van der Waals surface area contributed by atoms with Crippen molar-refractivity contribution >= 4 is 11.9 Å². The summed E-state index contributed by atoms with van der Waals surface area (Å²) in [5.41, 5.74) is 4.72. The van der Waals surface area contributed by atoms with Crippen LogP contribution in [0.4, 0.5) is 0 Å². The van der Waals surface area contributed by atoms with Crippen molar-refractivity contribution < 1.29 is 19.8 Å². The smallest absolute Gasteiger partial charge is 0.339 e. The lowest BCUT2D eigenvalue weighted by Gasteiger charge is -2.00. The van der Waals surface area contributed by atoms with Crippen molar-refractivity contribution in [2.75, 3.05) is 0 Å². The van der Waals surface area contributed by atoms with Gasteiger partial charge in [0, 0.05) is 5.56 Å². The van der Waals surface area contributed by atoms with Gasteiger partial charge in [0.05, 0.1) is 0 Å². The van der Waals surface area contributed by atoms with Crippen molar-refractivity contribution in [1.29, 1.82) is 0 Å². The summed E-state index contributed by atoms with van der Waals surface area (Å²) in [5.74, 6) is -2.44. The molecule has 1 aromatic rings. The lowest BCUT2D eigenvalue weighted by atomic mass is 10.1. The van der Waals surface area contributed by atoms with E-state index >= 15 is 0 Å². The number of carbonyl (C=O) groups is 2. The highest BCUT2D eigenvalue weighted by Gasteiger charge is 2.11. The van der Waals surface area contributed by atoms with Gasteiger partial charge in [0.1, 0.15) is 11.3 Å². The van der Waals surface area contributed by atoms with Crippen LogP contribution in [0.5, 0.6) is 5.75 Å². The summed E-state index contributed by atoms with van der Waals surface area (Å²) in [7, 11) is 0. The Labute approximate surface area is 73.4 Å². The molecule has 0 aliphatic heterocycles. The average molecular weight is 181 g/mol. The number of carboxylic acids is 1. The Morgan fingerprint density at radius 3 is 2.31 bits per heavy atom. The third kappa shape index (κ3) is 1.76. The number of carboxylic acid groups (broad SMARTS) is 1. The fourth-order valence-corrected chi connectivity index (χ4v) is 0.866. The van der Waals surface area contributed by atoms with E-state index in [0.29, 0.717) is 0 Å². The second-order valence-electron chi connectivity index (χ2n) is 2.40. The second-order valence-corrected chi connectivity index (χ2v) is 2.40. The van der Waals surface area contributed by atoms with Crippen LogP contribution in [-0.4, -0.2) is 22.1 Å². The first-order valence-electron chi connectivity index (χ1n) is 3.38. The van der Waals surface area contributed by atoms with Crippen LogP contribution in [0, 0.1) is 0 Å². The van der Waals surface area contributed by atoms with Gasteiger partial charge in [0.15, 0.2) is 0 Å². The molecule has 0 fully saturated rings. The molecular formula is C8H7NO4. The largest absolute Gasteiger partial charge is 0.507 e. The predicted molar refractivity (Wildman–Crippen MR) is 43.6 cm³/mol. The standard InChI is InChI=1S/C8H7NO4/c9-7(11)4-1-2-5(8(12)13)6(10)3-4/h1-3,10H,(H2,9,11)(H,12,13). The first kappa shape index (κ1) is 9.05. The molecule has 0 unspecified atom stereocenters. The van der Waals surface area contributed by atoms with Gasteiger partial charge >= 0.3 is 5.97 Å². The van der Waals surface area contributed by atoms with E-state index < -0.39 is 17.6 Å². The van der Waals surface area contributed by atoms with Crippen molar-refractivity contribution in [2.45, 2.75) is 0 Å². The van der Waals surface area contributed by atoms with Gasteiger partial charge < -0.3 is 15.9 Å². The van der Waals surface area contributed by atoms with E-state index in [0.717, 1.165) is 12.1 Å². The summed E-state index contributed by atoms with van der Waals surface area (Å²) in [6, 6.07) is 3.38. The maximum absolute atomic E-state index is 10.6. The number of amides is 1. The minimum atomic E-state index is -1.26. The second kappa shape index (κ2) is 3.14. The number of aromatic carboxylic acids is 1. The normalized spacial score (nSPS) is 9.54. The van der Waals surface area contributed by atoms with Crippen molar-refractivity contribution in [1.82, 2.24) is 0 Å². The van der Waals surface area contributed by atoms with E-state index in [1.54, 1.807) is 0 Å². The highest BCUT2D eigenvalue weighted by molar-refractivity contribution is 5.96. The van der Waals surface area contributed by atoms with Crippen molar-refractivity contribution in [3.05, 3.63) is 29.3 Å². The third-order valence-electron chi connectivity index (χ3n) is 1.51. The maximum atomic E-state index is 10.6. The minimum absolute atomic E-state index is 0.0718. The minimum Gasteiger partial charge on any atom is -0.507 e. The quantitative estimate of drug-likeness (QED) is 0.606. The van der Waals surface area contributed by atoms with Gasteiger partial charge in [-0.05, 0) is 18.2 Å². The van der Waals surface area contributed by atoms with E-state index in [4.69, 9.17) is 15.9 Å². The van der Waals surface area contributed by atoms with Gasteiger partial charge in [-0.15, -0.1) is 0 Å². The number of phenols is 1. The molecule has 0 heterocycles. The van der Waals surface area contributed by atoms with Gasteiger partial charge in [-0.3, -0.25) is 4.79 Å². The van der Waals surface area contributed by atoms with Gasteiger partial charge in [-0.25, -0.2) is 4.79 Å². The zero-order valence-electron chi connectivity index (χ0n) is 6.52. The number of benzene rings is 1. The fourth-order valence-electron chi connectivity index (χ4n) is 0.866. The van der Waals surface area contributed by atoms with E-state index in [-0.39, 0.29) is 11.1 Å². The molecule has 0 atom stereocenters. The molecule has 0 aliphatic rings. The molecule has 1 rings (SSSR count). The van der Waals surface area contributed by atoms with Crippen LogP contribution in [0.1, 0.15) is 20.7 Å². The first-order chi connectivity index (χ1) is 6.02. The molecule has 0 radical (unpaired) electrons. The number of nitrogens with two attached hydrogens (primary N) is 1. The number of carbonyl (C=O) groups excluding carboxylic acids is 1. The summed E-state index contributed by atoms with van der Waals surface area (Å²) in [6.07, 6.45) is 0. The summed E-state index contributed by atoms with van der Waals surface area (Å²) in [4.78, 5) is 21.0. The van der Waals surface area contributed by atoms with Crippen LogP contribution in [0.15, 0.2) is 18.2 Å². The first-order valence-corrected chi connectivity index (χ1v) is 3.38. The molecule has 4 N–H and O–H groups in total. The van der Waals surface area contributed by atoms with Crippen LogP contribution in [0.25, 0.3) is 0 Å². The number of hydrogen-bond acceptors (Lipinski definition) is 3. The number of primary amides is 1. The SMILES string of the molecule is NC(=O)c1ccc(C(=O)O)c(O)c1. The Bertz CT molecular complexity index is 372. The molecule has 1 amide bonds. The molecule has 68 valence electrons. The van der Waals surface area contributed by atoms with E-state index in [1.165, 1.54) is 6.07 Å². The van der Waals surface area contributed by atoms with E-state index in [1.807, 2.05) is 0 Å². The molecule has 13 heavy (non-hydrogen) atoms. The average Bonchev–Trinajstić information content (AvgIpc) is 2.03. The summed E-state index contributed by atoms with van der Waals surface area (Å²) in [5, 5.41) is 17.6. The van der Waals surface area contributed by atoms with E-state index in [9.17, 15) is 9.59 Å². The molecule has 5 heteroatoms. The maximum Gasteiger partial charge on any atom is 0.339 e. The summed E-state index contributed by atoms with van der Waals surface area (Å²) in [6.45, 7) is 0. The van der Waals surface area contributed by atoms with E-state index in [2.05, 4.69) is 0 Å². The molecule has 1 aromatic carbocycles. The Hall–Kier alpha value is -2.04. The summed E-state index contributed by atoms with van der Waals surface area (Å²) < 4.78 is 0. The van der Waals surface area contributed by atoms with Crippen molar-refractivity contribution in [2.24, 2.45) is 5.73 Å². The van der Waals surface area contributed by atoms with Gasteiger partial charge in [-0.1, -0.05) is 0 Å². The van der Waals surface area contributed by atoms with Crippen LogP contribution in [0.3, 0.4) is 0 Å². The zero-order valence-corrected chi connectivity index (χ0v) is 6.52. The van der Waals surface area contributed by atoms with Crippen LogP contribution >= 0.6 is 0 Å². The molecule has 5 nitrogen and oxygen atoms in total. The third-order valence-corrected chi connectivity index (χ3v) is 1.51. The summed E-state index contributed by atoms with van der Waals surface area (Å²) >= 11 is 0. The van der Waals surface area contributed by atoms with Crippen LogP contribution in [-0.2, 0) is 0 Å². The molecule has 0 aromatic heterocycles. The fraction of sp³-hybridized carbons (Fsp3) is 0. The lowest BCUT2D eigenvalue weighted by molar-refractivity contribution is 0.0693. The van der Waals surface area contributed by atoms with Crippen LogP contribution in [0.2, 0.25) is 0 Å². The lowest BCUT2D eigenvalue weighted by Crippen LogP contribution is -2.11. The molecule has 0 aliphatic carbocycles. The highest BCUT2D eigenvalue weighted by Crippen LogP contribution is 2.18. The molecule has 0 saturated heterocycles. The number of aromatic hydroxyl groups is 1. The molecular weight excluding hydrogens is 174 g/mol. The Morgan fingerprint density at radius 1 is 1.31 bits per heavy atom. The van der Waals surface area contributed by atoms with Crippen molar-refractivity contribution in [3.63, 3.8) is 0 Å². The molecule has 0 bridgehead atoms. The topological polar surface area (TPSA) is 101 Å². The number of rotatable bonds is 2.